The Kier molecular flexibility index (Phi) is 2.33. The summed E-state index contributed by atoms with van der Waals surface area (Å²) in [5.74, 6) is 1.78. The van der Waals surface area contributed by atoms with Crippen molar-refractivity contribution in [1.82, 2.24) is 9.99 Å². The molecule has 4 nitrogen and oxygen atoms in total. The van der Waals surface area contributed by atoms with Gasteiger partial charge in [-0.3, -0.25) is 9.91 Å². The summed E-state index contributed by atoms with van der Waals surface area (Å²) in [5, 5.41) is 6.09. The van der Waals surface area contributed by atoms with Gasteiger partial charge in [0.15, 0.2) is 5.50 Å². The monoisotopic (exact) mass is 208 g/mol. The molecule has 1 atom stereocenters. The third-order valence-corrected chi connectivity index (χ3v) is 2.68. The fourth-order valence-corrected chi connectivity index (χ4v) is 1.78. The lowest BCUT2D eigenvalue weighted by atomic mass is 10.4. The molecule has 0 spiro atoms. The molecule has 0 N–H and O–H groups in total. The van der Waals surface area contributed by atoms with Gasteiger partial charge in [-0.25, -0.2) is 4.98 Å². The molecule has 1 aromatic rings. The summed E-state index contributed by atoms with van der Waals surface area (Å²) in [7, 11) is 1.89. The second-order valence-electron chi connectivity index (χ2n) is 3.13. The molecule has 14 heavy (non-hydrogen) atoms. The van der Waals surface area contributed by atoms with E-state index in [1.807, 2.05) is 37.1 Å². The summed E-state index contributed by atoms with van der Waals surface area (Å²) in [6.07, 6.45) is 1.77. The molecule has 2 rings (SSSR count). The van der Waals surface area contributed by atoms with Crippen LogP contribution < -0.4 is 4.90 Å². The first-order chi connectivity index (χ1) is 6.70. The van der Waals surface area contributed by atoms with E-state index in [1.54, 1.807) is 11.2 Å². The van der Waals surface area contributed by atoms with E-state index in [4.69, 9.17) is 0 Å². The second kappa shape index (κ2) is 3.49. The maximum absolute atomic E-state index is 4.45. The van der Waals surface area contributed by atoms with E-state index < -0.39 is 0 Å². The predicted octanol–water partition coefficient (Wildman–Crippen LogP) is 1.38. The van der Waals surface area contributed by atoms with Crippen LogP contribution in [0.25, 0.3) is 0 Å². The number of hydrogen-bond acceptors (Lipinski definition) is 5. The van der Waals surface area contributed by atoms with Crippen molar-refractivity contribution in [3.63, 3.8) is 0 Å². The minimum atomic E-state index is -0.0649. The molecule has 0 aliphatic carbocycles. The first-order valence-electron chi connectivity index (χ1n) is 4.36. The molecule has 0 bridgehead atoms. The number of thiol groups is 1. The minimum absolute atomic E-state index is 0.0649. The fraction of sp³-hybridized carbons (Fsp3) is 0.333. The van der Waals surface area contributed by atoms with Gasteiger partial charge >= 0.3 is 0 Å². The summed E-state index contributed by atoms with van der Waals surface area (Å²) in [4.78, 5) is 6.24. The second-order valence-corrected chi connectivity index (χ2v) is 3.59. The van der Waals surface area contributed by atoms with Crippen molar-refractivity contribution >= 4 is 24.3 Å². The molecule has 0 radical (unpaired) electrons. The fourth-order valence-electron chi connectivity index (χ4n) is 1.44. The van der Waals surface area contributed by atoms with Gasteiger partial charge in [-0.1, -0.05) is 6.07 Å². The summed E-state index contributed by atoms with van der Waals surface area (Å²) in [5.41, 5.74) is -0.0649. The molecular formula is C9H12N4S. The van der Waals surface area contributed by atoms with Crippen LogP contribution in [0.3, 0.4) is 0 Å². The average Bonchev–Trinajstić information content (AvgIpc) is 2.43. The van der Waals surface area contributed by atoms with E-state index in [0.29, 0.717) is 0 Å². The molecule has 74 valence electrons. The van der Waals surface area contributed by atoms with Gasteiger partial charge in [-0.15, -0.1) is 12.6 Å². The van der Waals surface area contributed by atoms with Gasteiger partial charge in [0.25, 0.3) is 0 Å². The summed E-state index contributed by atoms with van der Waals surface area (Å²) in [6, 6.07) is 5.79. The molecule has 1 aromatic heterocycles. The van der Waals surface area contributed by atoms with Gasteiger partial charge in [0.2, 0.25) is 0 Å². The zero-order valence-electron chi connectivity index (χ0n) is 8.12. The Hall–Kier alpha value is -1.23. The van der Waals surface area contributed by atoms with Crippen molar-refractivity contribution < 1.29 is 0 Å². The average molecular weight is 208 g/mol. The van der Waals surface area contributed by atoms with Gasteiger partial charge in [-0.2, -0.15) is 5.10 Å². The number of rotatable bonds is 1. The van der Waals surface area contributed by atoms with Gasteiger partial charge in [0.1, 0.15) is 11.7 Å². The molecule has 0 saturated carbocycles. The van der Waals surface area contributed by atoms with E-state index in [9.17, 15) is 0 Å². The van der Waals surface area contributed by atoms with Crippen molar-refractivity contribution in [1.29, 1.82) is 0 Å². The van der Waals surface area contributed by atoms with Crippen LogP contribution in [0.4, 0.5) is 5.82 Å². The molecule has 1 aliphatic rings. The molecule has 0 fully saturated rings. The lowest BCUT2D eigenvalue weighted by Gasteiger charge is -2.24. The third-order valence-electron chi connectivity index (χ3n) is 2.11. The zero-order chi connectivity index (χ0) is 10.1. The Morgan fingerprint density at radius 1 is 1.43 bits per heavy atom. The molecule has 1 aliphatic heterocycles. The van der Waals surface area contributed by atoms with Crippen LogP contribution in [0.2, 0.25) is 0 Å². The van der Waals surface area contributed by atoms with Crippen molar-refractivity contribution in [2.24, 2.45) is 5.10 Å². The van der Waals surface area contributed by atoms with Gasteiger partial charge < -0.3 is 0 Å². The van der Waals surface area contributed by atoms with Crippen LogP contribution in [0.5, 0.6) is 0 Å². The summed E-state index contributed by atoms with van der Waals surface area (Å²) in [6.45, 7) is 1.95. The lowest BCUT2D eigenvalue weighted by molar-refractivity contribution is 0.366. The highest BCUT2D eigenvalue weighted by atomic mass is 32.1. The summed E-state index contributed by atoms with van der Waals surface area (Å²) < 4.78 is 0. The Balaban J connectivity index is 2.32. The van der Waals surface area contributed by atoms with Crippen LogP contribution in [0.15, 0.2) is 29.5 Å². The first-order valence-corrected chi connectivity index (χ1v) is 4.88. The number of nitrogens with zero attached hydrogens (tertiary/aromatic N) is 4. The topological polar surface area (TPSA) is 31.7 Å². The van der Waals surface area contributed by atoms with Crippen LogP contribution >= 0.6 is 12.6 Å². The maximum Gasteiger partial charge on any atom is 0.169 e. The van der Waals surface area contributed by atoms with Crippen LogP contribution in [-0.4, -0.2) is 28.4 Å². The van der Waals surface area contributed by atoms with Crippen molar-refractivity contribution in [2.75, 3.05) is 11.9 Å². The molecule has 0 aromatic carbocycles. The molecule has 1 unspecified atom stereocenters. The maximum atomic E-state index is 4.45. The van der Waals surface area contributed by atoms with E-state index in [1.165, 1.54) is 0 Å². The molecule has 0 amide bonds. The normalized spacial score (nSPS) is 21.4. The smallest absolute Gasteiger partial charge is 0.169 e. The summed E-state index contributed by atoms with van der Waals surface area (Å²) >= 11 is 4.45. The van der Waals surface area contributed by atoms with E-state index in [-0.39, 0.29) is 5.50 Å². The number of hydrogen-bond donors (Lipinski definition) is 1. The molecule has 2 heterocycles. The zero-order valence-corrected chi connectivity index (χ0v) is 9.02. The number of pyridine rings is 1. The molecule has 5 heteroatoms. The number of anilines is 1. The van der Waals surface area contributed by atoms with Gasteiger partial charge in [-0.05, 0) is 19.1 Å². The Bertz CT molecular complexity index is 351. The Morgan fingerprint density at radius 2 is 2.21 bits per heavy atom. The minimum Gasteiger partial charge on any atom is -0.281 e. The Labute approximate surface area is 88.6 Å². The molecular weight excluding hydrogens is 196 g/mol. The van der Waals surface area contributed by atoms with Gasteiger partial charge in [0, 0.05) is 13.2 Å². The SMILES string of the molecule is CC1=NN(C)C(S)N1c1ccccn1. The number of aromatic nitrogens is 1. The van der Waals surface area contributed by atoms with Crippen molar-refractivity contribution in [3.8, 4) is 0 Å². The quantitative estimate of drug-likeness (QED) is 0.708. The highest BCUT2D eigenvalue weighted by Crippen LogP contribution is 2.23. The van der Waals surface area contributed by atoms with Crippen molar-refractivity contribution in [2.45, 2.75) is 12.4 Å². The standard InChI is InChI=1S/C9H12N4S/c1-7-11-12(2)9(14)13(7)8-5-3-4-6-10-8/h3-6,9,14H,1-2H3. The van der Waals surface area contributed by atoms with E-state index >= 15 is 0 Å². The van der Waals surface area contributed by atoms with E-state index in [0.717, 1.165) is 11.7 Å². The number of hydrazone groups is 1. The number of amidine groups is 1. The first kappa shape index (κ1) is 9.33. The highest BCUT2D eigenvalue weighted by molar-refractivity contribution is 7.81. The Morgan fingerprint density at radius 3 is 2.71 bits per heavy atom. The third kappa shape index (κ3) is 1.43. The van der Waals surface area contributed by atoms with Crippen LogP contribution in [-0.2, 0) is 0 Å². The lowest BCUT2D eigenvalue weighted by Crippen LogP contribution is -2.36. The van der Waals surface area contributed by atoms with Crippen molar-refractivity contribution in [3.05, 3.63) is 24.4 Å². The van der Waals surface area contributed by atoms with E-state index in [2.05, 4.69) is 22.7 Å². The van der Waals surface area contributed by atoms with Gasteiger partial charge in [0.05, 0.1) is 0 Å². The highest BCUT2D eigenvalue weighted by Gasteiger charge is 2.28. The predicted molar refractivity (Wildman–Crippen MR) is 60.4 cm³/mol. The van der Waals surface area contributed by atoms with Crippen LogP contribution in [0, 0.1) is 0 Å². The molecule has 0 saturated heterocycles. The van der Waals surface area contributed by atoms with Crippen LogP contribution in [0.1, 0.15) is 6.92 Å². The largest absolute Gasteiger partial charge is 0.281 e.